The van der Waals surface area contributed by atoms with Gasteiger partial charge in [-0.05, 0) is 43.8 Å². The number of amides is 2. The molecule has 0 spiro atoms. The van der Waals surface area contributed by atoms with Crippen molar-refractivity contribution in [1.82, 2.24) is 10.6 Å². The molecule has 5 nitrogen and oxygen atoms in total. The first-order chi connectivity index (χ1) is 7.97. The van der Waals surface area contributed by atoms with Crippen molar-refractivity contribution in [2.75, 3.05) is 0 Å². The Hall–Kier alpha value is -1.95. The molecule has 1 aliphatic heterocycles. The minimum absolute atomic E-state index is 0.0176. The third-order valence-corrected chi connectivity index (χ3v) is 2.62. The van der Waals surface area contributed by atoms with E-state index in [1.807, 2.05) is 13.8 Å². The highest BCUT2D eigenvalue weighted by Crippen LogP contribution is 2.17. The molecule has 88 valence electrons. The van der Waals surface area contributed by atoms with Crippen LogP contribution in [0.4, 0.5) is 0 Å². The fraction of sp³-hybridized carbons (Fsp3) is 0.182. The predicted octanol–water partition coefficient (Wildman–Crippen LogP) is 0.811. The van der Waals surface area contributed by atoms with E-state index >= 15 is 0 Å². The van der Waals surface area contributed by atoms with Crippen LogP contribution in [0.3, 0.4) is 0 Å². The first-order valence-electron chi connectivity index (χ1n) is 4.93. The molecule has 17 heavy (non-hydrogen) atoms. The molecule has 2 amide bonds. The van der Waals surface area contributed by atoms with Crippen molar-refractivity contribution in [2.45, 2.75) is 13.8 Å². The second-order valence-electron chi connectivity index (χ2n) is 3.68. The maximum Gasteiger partial charge on any atom is 0.263 e. The van der Waals surface area contributed by atoms with Crippen LogP contribution in [0.15, 0.2) is 16.1 Å². The summed E-state index contributed by atoms with van der Waals surface area (Å²) in [5.41, 5.74) is 0.941. The Kier molecular flexibility index (Phi) is 2.81. The van der Waals surface area contributed by atoms with Gasteiger partial charge in [0.15, 0.2) is 5.11 Å². The Bertz CT molecular complexity index is 516. The van der Waals surface area contributed by atoms with Crippen LogP contribution < -0.4 is 10.6 Å². The number of hydrogen-bond donors (Lipinski definition) is 2. The summed E-state index contributed by atoms with van der Waals surface area (Å²) in [6.45, 7) is 3.70. The summed E-state index contributed by atoms with van der Waals surface area (Å²) in [6.07, 6.45) is 1.40. The molecular formula is C11H10N2O3S. The van der Waals surface area contributed by atoms with Gasteiger partial charge in [0, 0.05) is 0 Å². The van der Waals surface area contributed by atoms with Gasteiger partial charge in [0.2, 0.25) is 0 Å². The summed E-state index contributed by atoms with van der Waals surface area (Å²) in [6, 6.07) is 1.76. The third-order valence-electron chi connectivity index (χ3n) is 2.42. The Balaban J connectivity index is 2.35. The maximum absolute atomic E-state index is 11.5. The van der Waals surface area contributed by atoms with E-state index < -0.39 is 11.8 Å². The number of hydrogen-bond acceptors (Lipinski definition) is 4. The zero-order chi connectivity index (χ0) is 12.6. The number of carbonyl (C=O) groups is 2. The molecule has 1 aliphatic rings. The van der Waals surface area contributed by atoms with Crippen molar-refractivity contribution in [2.24, 2.45) is 0 Å². The second-order valence-corrected chi connectivity index (χ2v) is 4.09. The molecule has 1 saturated heterocycles. The summed E-state index contributed by atoms with van der Waals surface area (Å²) < 4.78 is 5.37. The smallest absolute Gasteiger partial charge is 0.263 e. The maximum atomic E-state index is 11.5. The number of nitrogens with one attached hydrogen (secondary N) is 2. The van der Waals surface area contributed by atoms with Crippen molar-refractivity contribution < 1.29 is 14.0 Å². The van der Waals surface area contributed by atoms with Gasteiger partial charge in [-0.3, -0.25) is 20.2 Å². The van der Waals surface area contributed by atoms with Crippen molar-refractivity contribution in [3.8, 4) is 0 Å². The van der Waals surface area contributed by atoms with Crippen molar-refractivity contribution in [3.63, 3.8) is 0 Å². The number of furan rings is 1. The summed E-state index contributed by atoms with van der Waals surface area (Å²) in [4.78, 5) is 23.1. The van der Waals surface area contributed by atoms with Crippen LogP contribution in [-0.2, 0) is 9.59 Å². The lowest BCUT2D eigenvalue weighted by Crippen LogP contribution is -2.51. The highest BCUT2D eigenvalue weighted by atomic mass is 32.1. The molecule has 0 atom stereocenters. The minimum Gasteiger partial charge on any atom is -0.462 e. The molecule has 0 aromatic carbocycles. The first-order valence-corrected chi connectivity index (χ1v) is 5.33. The van der Waals surface area contributed by atoms with Crippen LogP contribution in [0.5, 0.6) is 0 Å². The number of aryl methyl sites for hydroxylation is 2. The van der Waals surface area contributed by atoms with Crippen LogP contribution in [0.2, 0.25) is 0 Å². The van der Waals surface area contributed by atoms with Crippen LogP contribution in [0, 0.1) is 13.8 Å². The lowest BCUT2D eigenvalue weighted by atomic mass is 10.1. The van der Waals surface area contributed by atoms with Gasteiger partial charge in [0.05, 0.1) is 0 Å². The van der Waals surface area contributed by atoms with Gasteiger partial charge in [0.1, 0.15) is 17.1 Å². The van der Waals surface area contributed by atoms with Crippen LogP contribution >= 0.6 is 12.2 Å². The fourth-order valence-corrected chi connectivity index (χ4v) is 1.61. The summed E-state index contributed by atoms with van der Waals surface area (Å²) in [5.74, 6) is 0.174. The average molecular weight is 250 g/mol. The van der Waals surface area contributed by atoms with E-state index in [0.29, 0.717) is 5.76 Å². The van der Waals surface area contributed by atoms with E-state index in [0.717, 1.165) is 11.3 Å². The quantitative estimate of drug-likeness (QED) is 0.439. The van der Waals surface area contributed by atoms with Gasteiger partial charge in [-0.1, -0.05) is 0 Å². The highest BCUT2D eigenvalue weighted by molar-refractivity contribution is 7.80. The summed E-state index contributed by atoms with van der Waals surface area (Å²) in [7, 11) is 0. The zero-order valence-corrected chi connectivity index (χ0v) is 10.1. The topological polar surface area (TPSA) is 71.3 Å². The Morgan fingerprint density at radius 3 is 2.29 bits per heavy atom. The van der Waals surface area contributed by atoms with Crippen LogP contribution in [0.1, 0.15) is 17.1 Å². The highest BCUT2D eigenvalue weighted by Gasteiger charge is 2.26. The molecule has 0 aliphatic carbocycles. The van der Waals surface area contributed by atoms with Crippen molar-refractivity contribution in [1.29, 1.82) is 0 Å². The number of thiocarbonyl (C=S) groups is 1. The fourth-order valence-electron chi connectivity index (χ4n) is 1.42. The van der Waals surface area contributed by atoms with Crippen molar-refractivity contribution >= 4 is 35.2 Å². The van der Waals surface area contributed by atoms with E-state index in [9.17, 15) is 9.59 Å². The number of rotatable bonds is 1. The molecule has 2 N–H and O–H groups in total. The number of carbonyl (C=O) groups excluding carboxylic acids is 2. The zero-order valence-electron chi connectivity index (χ0n) is 9.29. The molecule has 1 aromatic heterocycles. The molecular weight excluding hydrogens is 240 g/mol. The molecule has 2 heterocycles. The standard InChI is InChI=1S/C11H10N2O3S/c1-5-3-7(16-6(5)2)4-8-9(14)12-11(17)13-10(8)15/h3-4H,1-2H3,(H2,12,13,14,15,17). The predicted molar refractivity (Wildman–Crippen MR) is 65.0 cm³/mol. The van der Waals surface area contributed by atoms with Crippen molar-refractivity contribution in [3.05, 3.63) is 28.7 Å². The van der Waals surface area contributed by atoms with Gasteiger partial charge < -0.3 is 4.42 Å². The average Bonchev–Trinajstić information content (AvgIpc) is 2.52. The molecule has 6 heteroatoms. The van der Waals surface area contributed by atoms with Gasteiger partial charge in [0.25, 0.3) is 11.8 Å². The molecule has 2 rings (SSSR count). The lowest BCUT2D eigenvalue weighted by molar-refractivity contribution is -0.123. The summed E-state index contributed by atoms with van der Waals surface area (Å²) in [5, 5.41) is 4.72. The van der Waals surface area contributed by atoms with E-state index in [1.54, 1.807) is 6.07 Å². The molecule has 1 aromatic rings. The molecule has 0 radical (unpaired) electrons. The second kappa shape index (κ2) is 4.14. The normalized spacial score (nSPS) is 15.6. The van der Waals surface area contributed by atoms with E-state index in [1.165, 1.54) is 6.08 Å². The molecule has 0 saturated carbocycles. The minimum atomic E-state index is -0.523. The summed E-state index contributed by atoms with van der Waals surface area (Å²) >= 11 is 4.69. The SMILES string of the molecule is Cc1cc(C=C2C(=O)NC(=S)NC2=O)oc1C. The lowest BCUT2D eigenvalue weighted by Gasteiger charge is -2.15. The van der Waals surface area contributed by atoms with Gasteiger partial charge in [-0.25, -0.2) is 0 Å². The van der Waals surface area contributed by atoms with Gasteiger partial charge in [-0.15, -0.1) is 0 Å². The van der Waals surface area contributed by atoms with E-state index in [-0.39, 0.29) is 10.7 Å². The van der Waals surface area contributed by atoms with Crippen LogP contribution in [-0.4, -0.2) is 16.9 Å². The largest absolute Gasteiger partial charge is 0.462 e. The van der Waals surface area contributed by atoms with Crippen LogP contribution in [0.25, 0.3) is 6.08 Å². The van der Waals surface area contributed by atoms with E-state index in [2.05, 4.69) is 22.9 Å². The Morgan fingerprint density at radius 1 is 1.24 bits per heavy atom. The Labute approximate surface area is 103 Å². The monoisotopic (exact) mass is 250 g/mol. The van der Waals surface area contributed by atoms with Gasteiger partial charge in [-0.2, -0.15) is 0 Å². The first kappa shape index (κ1) is 11.5. The van der Waals surface area contributed by atoms with Gasteiger partial charge >= 0.3 is 0 Å². The molecule has 0 bridgehead atoms. The Morgan fingerprint density at radius 2 is 1.82 bits per heavy atom. The van der Waals surface area contributed by atoms with E-state index in [4.69, 9.17) is 4.42 Å². The third kappa shape index (κ3) is 2.26. The molecule has 1 fully saturated rings. The molecule has 0 unspecified atom stereocenters.